The van der Waals surface area contributed by atoms with Gasteiger partial charge in [0.15, 0.2) is 10.6 Å². The third-order valence-electron chi connectivity index (χ3n) is 4.06. The van der Waals surface area contributed by atoms with Crippen LogP contribution in [0.5, 0.6) is 0 Å². The van der Waals surface area contributed by atoms with E-state index in [1.54, 1.807) is 0 Å². The fourth-order valence-electron chi connectivity index (χ4n) is 2.63. The Balaban J connectivity index is 2.47. The van der Waals surface area contributed by atoms with Crippen LogP contribution < -0.4 is 10.6 Å². The van der Waals surface area contributed by atoms with Crippen LogP contribution in [0.3, 0.4) is 0 Å². The minimum Gasteiger partial charge on any atom is -0.362 e. The second-order valence-corrected chi connectivity index (χ2v) is 6.98. The lowest BCUT2D eigenvalue weighted by Crippen LogP contribution is -2.40. The molecule has 0 spiro atoms. The van der Waals surface area contributed by atoms with Crippen molar-refractivity contribution in [1.82, 2.24) is 5.32 Å². The molecule has 0 heterocycles. The molecule has 0 radical (unpaired) electrons. The fraction of sp³-hybridized carbons (Fsp3) is 0.188. The van der Waals surface area contributed by atoms with Crippen LogP contribution in [0, 0.1) is 40.5 Å². The van der Waals surface area contributed by atoms with Gasteiger partial charge < -0.3 is 10.6 Å². The van der Waals surface area contributed by atoms with Crippen molar-refractivity contribution in [3.05, 3.63) is 76.9 Å². The topological polar surface area (TPSA) is 214 Å². The molecule has 2 N–H and O–H groups in total. The van der Waals surface area contributed by atoms with Gasteiger partial charge >= 0.3 is 0 Å². The van der Waals surface area contributed by atoms with Gasteiger partial charge in [-0.3, -0.25) is 45.3 Å². The molecule has 0 aliphatic carbocycles. The van der Waals surface area contributed by atoms with Gasteiger partial charge in [0, 0.05) is 37.1 Å². The average molecular weight is 466 g/mol. The zero-order valence-electron chi connectivity index (χ0n) is 16.1. The largest absolute Gasteiger partial charge is 0.362 e. The number of amides is 1. The number of rotatable bonds is 10. The van der Waals surface area contributed by atoms with Gasteiger partial charge in [-0.05, 0) is 12.1 Å². The third kappa shape index (κ3) is 5.22. The summed E-state index contributed by atoms with van der Waals surface area (Å²) in [6.07, 6.45) is 0. The van der Waals surface area contributed by atoms with E-state index >= 15 is 0 Å². The molecule has 0 aliphatic rings. The quantitative estimate of drug-likeness (QED) is 0.295. The second kappa shape index (κ2) is 10.1. The van der Waals surface area contributed by atoms with Crippen molar-refractivity contribution in [2.75, 3.05) is 18.1 Å². The first-order chi connectivity index (χ1) is 15.1. The summed E-state index contributed by atoms with van der Waals surface area (Å²) in [4.78, 5) is 53.8. The Bertz CT molecular complexity index is 1040. The van der Waals surface area contributed by atoms with E-state index in [-0.39, 0.29) is 10.6 Å². The Hall–Kier alpha value is -4.34. The van der Waals surface area contributed by atoms with Gasteiger partial charge in [-0.1, -0.05) is 0 Å². The van der Waals surface area contributed by atoms with Crippen LogP contribution in [0.15, 0.2) is 41.3 Å². The summed E-state index contributed by atoms with van der Waals surface area (Å²) in [5, 5.41) is 49.9. The minimum absolute atomic E-state index is 0.338. The van der Waals surface area contributed by atoms with Crippen molar-refractivity contribution < 1.29 is 24.5 Å². The highest BCUT2D eigenvalue weighted by Gasteiger charge is 2.31. The van der Waals surface area contributed by atoms with Crippen molar-refractivity contribution in [2.24, 2.45) is 0 Å². The lowest BCUT2D eigenvalue weighted by molar-refractivity contribution is -0.399. The van der Waals surface area contributed by atoms with Crippen LogP contribution in [0.1, 0.15) is 0 Å². The van der Waals surface area contributed by atoms with Gasteiger partial charge in [0.05, 0.1) is 19.7 Å². The number of carbonyl (C=O) groups is 1. The number of likely N-dealkylation sites (N-methyl/N-ethyl adjacent to an activating group) is 1. The molecule has 0 unspecified atom stereocenters. The van der Waals surface area contributed by atoms with E-state index in [0.717, 1.165) is 36.4 Å². The van der Waals surface area contributed by atoms with Gasteiger partial charge in [-0.15, -0.1) is 11.8 Å². The molecule has 0 saturated heterocycles. The molecule has 0 fully saturated rings. The van der Waals surface area contributed by atoms with E-state index in [9.17, 15) is 45.3 Å². The maximum atomic E-state index is 12.3. The molecule has 0 aliphatic heterocycles. The Morgan fingerprint density at radius 2 is 1.25 bits per heavy atom. The highest BCUT2D eigenvalue weighted by molar-refractivity contribution is 7.99. The summed E-state index contributed by atoms with van der Waals surface area (Å²) < 4.78 is 0. The Labute approximate surface area is 182 Å². The minimum atomic E-state index is -1.37. The summed E-state index contributed by atoms with van der Waals surface area (Å²) in [6, 6.07) is 4.94. The molecule has 0 aromatic heterocycles. The highest BCUT2D eigenvalue weighted by Crippen LogP contribution is 2.39. The van der Waals surface area contributed by atoms with E-state index in [1.807, 2.05) is 0 Å². The van der Waals surface area contributed by atoms with Crippen molar-refractivity contribution in [1.29, 1.82) is 0 Å². The van der Waals surface area contributed by atoms with Crippen LogP contribution in [0.4, 0.5) is 28.4 Å². The summed E-state index contributed by atoms with van der Waals surface area (Å²) in [7, 11) is 1.24. The summed E-state index contributed by atoms with van der Waals surface area (Å²) in [5.74, 6) is -1.14. The van der Waals surface area contributed by atoms with Crippen molar-refractivity contribution in [2.45, 2.75) is 10.9 Å². The number of nitrogens with one attached hydrogen (secondary N) is 2. The summed E-state index contributed by atoms with van der Waals surface area (Å²) >= 11 is 0.584. The van der Waals surface area contributed by atoms with Crippen LogP contribution in [-0.4, -0.2) is 44.4 Å². The van der Waals surface area contributed by atoms with Gasteiger partial charge in [0.2, 0.25) is 5.91 Å². The van der Waals surface area contributed by atoms with Crippen molar-refractivity contribution in [3.8, 4) is 0 Å². The normalized spacial score (nSPS) is 11.3. The number of carbonyl (C=O) groups excluding carboxylic acids is 1. The number of nitrogens with zero attached hydrogens (tertiary/aromatic N) is 4. The van der Waals surface area contributed by atoms with E-state index in [4.69, 9.17) is 0 Å². The third-order valence-corrected chi connectivity index (χ3v) is 5.26. The number of nitro benzene ring substituents is 4. The zero-order valence-corrected chi connectivity index (χ0v) is 16.9. The van der Waals surface area contributed by atoms with E-state index in [0.29, 0.717) is 11.8 Å². The van der Waals surface area contributed by atoms with E-state index < -0.39 is 60.1 Å². The molecule has 15 nitrogen and oxygen atoms in total. The second-order valence-electron chi connectivity index (χ2n) is 5.95. The van der Waals surface area contributed by atoms with E-state index in [1.165, 1.54) is 7.05 Å². The molecule has 1 atom stereocenters. The SMILES string of the molecule is CNC(=O)[C@H](CSc1c([N+](=O)[O-])cccc1[N+](=O)[O-])Nc1c([N+](=O)[O-])cccc1[N+](=O)[O-]. The van der Waals surface area contributed by atoms with Gasteiger partial charge in [0.1, 0.15) is 6.04 Å². The number of hydrogen-bond donors (Lipinski definition) is 2. The molecule has 16 heteroatoms. The van der Waals surface area contributed by atoms with E-state index in [2.05, 4.69) is 10.6 Å². The Kier molecular flexibility index (Phi) is 7.56. The standard InChI is InChI=1S/C16H14N6O9S/c1-17-16(23)9(18-14-10(19(24)25)4-2-5-11(14)20(26)27)8-32-15-12(21(28)29)6-3-7-13(15)22(30)31/h2-7,9,18H,8H2,1H3,(H,17,23)/t9-/m0/s1. The maximum Gasteiger partial charge on any atom is 0.299 e. The van der Waals surface area contributed by atoms with Crippen molar-refractivity contribution in [3.63, 3.8) is 0 Å². The monoisotopic (exact) mass is 466 g/mol. The molecule has 1 amide bonds. The molecule has 2 aromatic rings. The zero-order chi connectivity index (χ0) is 24.0. The molecule has 32 heavy (non-hydrogen) atoms. The first-order valence-corrected chi connectivity index (χ1v) is 9.51. The number of benzene rings is 2. The van der Waals surface area contributed by atoms with Crippen LogP contribution >= 0.6 is 11.8 Å². The first-order valence-electron chi connectivity index (χ1n) is 8.53. The van der Waals surface area contributed by atoms with Crippen molar-refractivity contribution >= 4 is 46.1 Å². The summed E-state index contributed by atoms with van der Waals surface area (Å²) in [6.45, 7) is 0. The number of para-hydroxylation sites is 1. The Morgan fingerprint density at radius 3 is 1.62 bits per heavy atom. The number of hydrogen-bond acceptors (Lipinski definition) is 11. The number of thioether (sulfide) groups is 1. The fourth-order valence-corrected chi connectivity index (χ4v) is 3.78. The number of anilines is 1. The summed E-state index contributed by atoms with van der Waals surface area (Å²) in [5.41, 5.74) is -3.04. The smallest absolute Gasteiger partial charge is 0.299 e. The molecule has 0 saturated carbocycles. The first kappa shape index (κ1) is 23.9. The lowest BCUT2D eigenvalue weighted by atomic mass is 10.2. The highest BCUT2D eigenvalue weighted by atomic mass is 32.2. The van der Waals surface area contributed by atoms with Gasteiger partial charge in [0.25, 0.3) is 22.7 Å². The molecule has 2 rings (SSSR count). The predicted octanol–water partition coefficient (Wildman–Crippen LogP) is 2.64. The predicted molar refractivity (Wildman–Crippen MR) is 112 cm³/mol. The Morgan fingerprint density at radius 1 is 0.844 bits per heavy atom. The molecule has 0 bridgehead atoms. The lowest BCUT2D eigenvalue weighted by Gasteiger charge is -2.18. The maximum absolute atomic E-state index is 12.3. The molecular formula is C16H14N6O9S. The van der Waals surface area contributed by atoms with Crippen LogP contribution in [0.2, 0.25) is 0 Å². The van der Waals surface area contributed by atoms with Crippen LogP contribution in [-0.2, 0) is 4.79 Å². The van der Waals surface area contributed by atoms with Gasteiger partial charge in [-0.25, -0.2) is 0 Å². The molecule has 168 valence electrons. The van der Waals surface area contributed by atoms with Crippen LogP contribution in [0.25, 0.3) is 0 Å². The number of nitro groups is 4. The van der Waals surface area contributed by atoms with Gasteiger partial charge in [-0.2, -0.15) is 0 Å². The molecule has 2 aromatic carbocycles. The average Bonchev–Trinajstić information content (AvgIpc) is 2.75. The molecular weight excluding hydrogens is 452 g/mol.